The summed E-state index contributed by atoms with van der Waals surface area (Å²) in [6.07, 6.45) is 2.66. The molecule has 0 atom stereocenters. The minimum absolute atomic E-state index is 0.281. The summed E-state index contributed by atoms with van der Waals surface area (Å²) < 4.78 is 26.0. The van der Waals surface area contributed by atoms with Crippen molar-refractivity contribution in [3.8, 4) is 0 Å². The lowest BCUT2D eigenvalue weighted by molar-refractivity contribution is 0.194. The van der Waals surface area contributed by atoms with Gasteiger partial charge in [-0.2, -0.15) is 0 Å². The maximum absolute atomic E-state index is 10.1. The monoisotopic (exact) mass is 276 g/mol. The smallest absolute Gasteiger partial charge is 0.257 e. The summed E-state index contributed by atoms with van der Waals surface area (Å²) in [6, 6.07) is 0. The zero-order valence-corrected chi connectivity index (χ0v) is 8.43. The van der Waals surface area contributed by atoms with Gasteiger partial charge >= 0.3 is 0 Å². The van der Waals surface area contributed by atoms with Gasteiger partial charge < -0.3 is 0 Å². The zero-order valence-electron chi connectivity index (χ0n) is 5.38. The number of hydrogen-bond acceptors (Lipinski definition) is 3. The molecule has 0 amide bonds. The average Bonchev–Trinajstić information content (AvgIpc) is 2.47. The lowest BCUT2D eigenvalue weighted by atomic mass is 10.3. The third kappa shape index (κ3) is 2.35. The minimum Gasteiger partial charge on any atom is -0.265 e. The first kappa shape index (κ1) is 8.73. The van der Waals surface area contributed by atoms with Gasteiger partial charge in [-0.1, -0.05) is 22.6 Å². The lowest BCUT2D eigenvalue weighted by Crippen LogP contribution is -2.13. The second kappa shape index (κ2) is 3.36. The van der Waals surface area contributed by atoms with Gasteiger partial charge in [0.2, 0.25) is 0 Å². The van der Waals surface area contributed by atoms with Crippen molar-refractivity contribution in [2.24, 2.45) is 0 Å². The van der Waals surface area contributed by atoms with E-state index in [2.05, 4.69) is 22.6 Å². The van der Waals surface area contributed by atoms with Crippen molar-refractivity contribution in [1.29, 1.82) is 0 Å². The molecule has 1 aliphatic rings. The molecular formula is C5H9IO3S. The van der Waals surface area contributed by atoms with E-state index in [1.807, 2.05) is 0 Å². The van der Waals surface area contributed by atoms with Gasteiger partial charge in [-0.05, 0) is 19.3 Å². The molecule has 5 heteroatoms. The van der Waals surface area contributed by atoms with Crippen molar-refractivity contribution < 1.29 is 12.6 Å². The number of hydrogen-bond donors (Lipinski definition) is 1. The van der Waals surface area contributed by atoms with Crippen LogP contribution in [0.25, 0.3) is 0 Å². The molecule has 0 N–H and O–H groups in total. The standard InChI is InChI=1S/C5H9IO3S/c6-4-3-5(1-2-5)9-10(7)8/h10H,1-4H2. The highest BCUT2D eigenvalue weighted by molar-refractivity contribution is 14.1. The molecule has 1 fully saturated rings. The Morgan fingerprint density at radius 1 is 1.50 bits per heavy atom. The highest BCUT2D eigenvalue weighted by Gasteiger charge is 2.44. The zero-order chi connectivity index (χ0) is 7.61. The van der Waals surface area contributed by atoms with Gasteiger partial charge in [0, 0.05) is 4.43 Å². The summed E-state index contributed by atoms with van der Waals surface area (Å²) in [5, 5.41) is 0. The number of halogens is 1. The summed E-state index contributed by atoms with van der Waals surface area (Å²) in [5.74, 6) is 0. The molecule has 10 heavy (non-hydrogen) atoms. The van der Waals surface area contributed by atoms with Crippen LogP contribution in [0.1, 0.15) is 19.3 Å². The molecule has 0 aliphatic heterocycles. The highest BCUT2D eigenvalue weighted by Crippen LogP contribution is 2.43. The third-order valence-corrected chi connectivity index (χ3v) is 2.70. The summed E-state index contributed by atoms with van der Waals surface area (Å²) in [6.45, 7) is 0. The van der Waals surface area contributed by atoms with Crippen molar-refractivity contribution in [2.45, 2.75) is 24.9 Å². The first-order valence-electron chi connectivity index (χ1n) is 3.08. The number of rotatable bonds is 4. The molecule has 0 aromatic carbocycles. The van der Waals surface area contributed by atoms with Gasteiger partial charge in [-0.3, -0.25) is 4.18 Å². The Labute approximate surface area is 75.4 Å². The van der Waals surface area contributed by atoms with Crippen LogP contribution >= 0.6 is 22.6 Å². The molecule has 0 aromatic heterocycles. The number of thiol groups is 1. The van der Waals surface area contributed by atoms with Gasteiger partial charge in [0.25, 0.3) is 11.0 Å². The maximum Gasteiger partial charge on any atom is 0.257 e. The molecule has 1 aliphatic carbocycles. The molecule has 0 heterocycles. The largest absolute Gasteiger partial charge is 0.265 e. The Kier molecular flexibility index (Phi) is 2.93. The Morgan fingerprint density at radius 3 is 2.40 bits per heavy atom. The van der Waals surface area contributed by atoms with E-state index < -0.39 is 11.0 Å². The normalized spacial score (nSPS) is 21.4. The quantitative estimate of drug-likeness (QED) is 0.471. The molecule has 0 spiro atoms. The predicted molar refractivity (Wildman–Crippen MR) is 46.9 cm³/mol. The molecule has 1 saturated carbocycles. The van der Waals surface area contributed by atoms with Crippen LogP contribution in [0.3, 0.4) is 0 Å². The molecule has 0 aromatic rings. The third-order valence-electron chi connectivity index (χ3n) is 1.63. The maximum atomic E-state index is 10.1. The van der Waals surface area contributed by atoms with Crippen LogP contribution in [-0.4, -0.2) is 18.4 Å². The van der Waals surface area contributed by atoms with Crippen LogP contribution in [0.5, 0.6) is 0 Å². The fourth-order valence-electron chi connectivity index (χ4n) is 0.857. The highest BCUT2D eigenvalue weighted by atomic mass is 127. The van der Waals surface area contributed by atoms with E-state index in [0.717, 1.165) is 23.7 Å². The van der Waals surface area contributed by atoms with Crippen LogP contribution in [0.15, 0.2) is 0 Å². The van der Waals surface area contributed by atoms with E-state index >= 15 is 0 Å². The topological polar surface area (TPSA) is 43.4 Å². The van der Waals surface area contributed by atoms with Crippen LogP contribution in [0.2, 0.25) is 0 Å². The average molecular weight is 276 g/mol. The first-order chi connectivity index (χ1) is 4.68. The molecule has 60 valence electrons. The molecule has 0 bridgehead atoms. The Morgan fingerprint density at radius 2 is 2.10 bits per heavy atom. The van der Waals surface area contributed by atoms with E-state index in [-0.39, 0.29) is 5.60 Å². The van der Waals surface area contributed by atoms with Crippen molar-refractivity contribution in [3.63, 3.8) is 0 Å². The second-order valence-corrected chi connectivity index (χ2v) is 4.15. The minimum atomic E-state index is -2.64. The molecule has 0 unspecified atom stereocenters. The SMILES string of the molecule is O=[SH](=O)OC1(CCI)CC1. The van der Waals surface area contributed by atoms with Crippen LogP contribution in [-0.2, 0) is 15.2 Å². The fourth-order valence-corrected chi connectivity index (χ4v) is 2.43. The summed E-state index contributed by atoms with van der Waals surface area (Å²) in [7, 11) is -2.64. The summed E-state index contributed by atoms with van der Waals surface area (Å²) in [4.78, 5) is 0. The van der Waals surface area contributed by atoms with Crippen molar-refractivity contribution in [1.82, 2.24) is 0 Å². The lowest BCUT2D eigenvalue weighted by Gasteiger charge is -2.07. The van der Waals surface area contributed by atoms with E-state index in [0.29, 0.717) is 0 Å². The van der Waals surface area contributed by atoms with Gasteiger partial charge in [0.15, 0.2) is 0 Å². The Bertz CT molecular complexity index is 177. The molecule has 0 radical (unpaired) electrons. The fraction of sp³-hybridized carbons (Fsp3) is 1.00. The molecular weight excluding hydrogens is 267 g/mol. The van der Waals surface area contributed by atoms with Crippen LogP contribution < -0.4 is 0 Å². The number of alkyl halides is 1. The molecule has 3 nitrogen and oxygen atoms in total. The van der Waals surface area contributed by atoms with Crippen molar-refractivity contribution in [2.75, 3.05) is 4.43 Å². The van der Waals surface area contributed by atoms with Crippen LogP contribution in [0, 0.1) is 0 Å². The van der Waals surface area contributed by atoms with Gasteiger partial charge in [-0.15, -0.1) is 0 Å². The second-order valence-electron chi connectivity index (χ2n) is 2.44. The van der Waals surface area contributed by atoms with Crippen LogP contribution in [0.4, 0.5) is 0 Å². The van der Waals surface area contributed by atoms with Gasteiger partial charge in [-0.25, -0.2) is 8.42 Å². The van der Waals surface area contributed by atoms with E-state index in [9.17, 15) is 8.42 Å². The summed E-state index contributed by atoms with van der Waals surface area (Å²) >= 11 is 2.22. The predicted octanol–water partition coefficient (Wildman–Crippen LogP) is 0.887. The van der Waals surface area contributed by atoms with Crippen molar-refractivity contribution in [3.05, 3.63) is 0 Å². The molecule has 1 rings (SSSR count). The van der Waals surface area contributed by atoms with Gasteiger partial charge in [0.05, 0.1) is 5.60 Å². The van der Waals surface area contributed by atoms with E-state index in [1.165, 1.54) is 0 Å². The Balaban J connectivity index is 2.37. The first-order valence-corrected chi connectivity index (χ1v) is 5.70. The van der Waals surface area contributed by atoms with E-state index in [4.69, 9.17) is 4.18 Å². The summed E-state index contributed by atoms with van der Waals surface area (Å²) in [5.41, 5.74) is -0.281. The Hall–Kier alpha value is 0.640. The molecule has 0 saturated heterocycles. The van der Waals surface area contributed by atoms with Gasteiger partial charge in [0.1, 0.15) is 0 Å². The van der Waals surface area contributed by atoms with Crippen molar-refractivity contribution >= 4 is 33.6 Å². The van der Waals surface area contributed by atoms with E-state index in [1.54, 1.807) is 0 Å².